The van der Waals surface area contributed by atoms with E-state index in [9.17, 15) is 8.78 Å². The van der Waals surface area contributed by atoms with Gasteiger partial charge in [-0.15, -0.1) is 0 Å². The highest BCUT2D eigenvalue weighted by Crippen LogP contribution is 2.19. The van der Waals surface area contributed by atoms with Crippen LogP contribution in [0.25, 0.3) is 0 Å². The van der Waals surface area contributed by atoms with Gasteiger partial charge in [-0.2, -0.15) is 8.78 Å². The van der Waals surface area contributed by atoms with E-state index in [1.54, 1.807) is 25.2 Å². The summed E-state index contributed by atoms with van der Waals surface area (Å²) in [4.78, 5) is 6.43. The van der Waals surface area contributed by atoms with E-state index >= 15 is 0 Å². The second kappa shape index (κ2) is 11.2. The fourth-order valence-corrected chi connectivity index (χ4v) is 2.71. The third-order valence-electron chi connectivity index (χ3n) is 4.30. The molecule has 0 unspecified atom stereocenters. The molecule has 0 bridgehead atoms. The van der Waals surface area contributed by atoms with Crippen LogP contribution in [0.4, 0.5) is 8.78 Å². The molecular weight excluding hydrogens is 362 g/mol. The standard InChI is InChI=1S/C21H28F2N4O/c1-4-27(3)15-17-9-7-8-16(12-17)13-25-21(24-2)26-14-18-10-5-6-11-19(18)28-20(22)23/h5-12,20H,4,13-15H2,1-3H3,(H2,24,25,26). The van der Waals surface area contributed by atoms with E-state index in [1.807, 2.05) is 6.07 Å². The number of halogens is 2. The lowest BCUT2D eigenvalue weighted by atomic mass is 10.1. The molecule has 0 atom stereocenters. The Hall–Kier alpha value is -2.67. The number of hydrogen-bond acceptors (Lipinski definition) is 3. The van der Waals surface area contributed by atoms with Crippen molar-refractivity contribution in [2.24, 2.45) is 4.99 Å². The van der Waals surface area contributed by atoms with Crippen LogP contribution in [-0.4, -0.2) is 38.1 Å². The van der Waals surface area contributed by atoms with Gasteiger partial charge in [0.2, 0.25) is 0 Å². The normalized spacial score (nSPS) is 11.8. The number of benzene rings is 2. The van der Waals surface area contributed by atoms with E-state index in [4.69, 9.17) is 0 Å². The van der Waals surface area contributed by atoms with Crippen molar-refractivity contribution in [3.05, 3.63) is 65.2 Å². The molecule has 0 spiro atoms. The number of guanidine groups is 1. The molecule has 152 valence electrons. The third-order valence-corrected chi connectivity index (χ3v) is 4.30. The van der Waals surface area contributed by atoms with Gasteiger partial charge >= 0.3 is 6.61 Å². The van der Waals surface area contributed by atoms with E-state index in [0.29, 0.717) is 24.6 Å². The van der Waals surface area contributed by atoms with Crippen molar-refractivity contribution in [2.45, 2.75) is 33.2 Å². The fourth-order valence-electron chi connectivity index (χ4n) is 2.71. The summed E-state index contributed by atoms with van der Waals surface area (Å²) in [6.07, 6.45) is 0. The van der Waals surface area contributed by atoms with Gasteiger partial charge in [0, 0.05) is 32.2 Å². The highest BCUT2D eigenvalue weighted by atomic mass is 19.3. The molecule has 7 heteroatoms. The smallest absolute Gasteiger partial charge is 0.387 e. The number of rotatable bonds is 9. The summed E-state index contributed by atoms with van der Waals surface area (Å²) in [5.74, 6) is 0.746. The lowest BCUT2D eigenvalue weighted by Crippen LogP contribution is -2.36. The lowest BCUT2D eigenvalue weighted by Gasteiger charge is -2.16. The van der Waals surface area contributed by atoms with E-state index in [1.165, 1.54) is 11.6 Å². The summed E-state index contributed by atoms with van der Waals surface area (Å²) >= 11 is 0. The number of hydrogen-bond donors (Lipinski definition) is 2. The van der Waals surface area contributed by atoms with Crippen molar-refractivity contribution in [1.82, 2.24) is 15.5 Å². The van der Waals surface area contributed by atoms with Crippen molar-refractivity contribution < 1.29 is 13.5 Å². The monoisotopic (exact) mass is 390 g/mol. The van der Waals surface area contributed by atoms with E-state index < -0.39 is 6.61 Å². The summed E-state index contributed by atoms with van der Waals surface area (Å²) in [6, 6.07) is 15.1. The molecule has 0 aliphatic carbocycles. The Morgan fingerprint density at radius 1 is 1.07 bits per heavy atom. The average Bonchev–Trinajstić information content (AvgIpc) is 2.69. The summed E-state index contributed by atoms with van der Waals surface area (Å²) < 4.78 is 29.6. The predicted molar refractivity (Wildman–Crippen MR) is 109 cm³/mol. The van der Waals surface area contributed by atoms with Gasteiger partial charge in [-0.1, -0.05) is 49.4 Å². The Labute approximate surface area is 165 Å². The maximum absolute atomic E-state index is 12.5. The molecule has 0 heterocycles. The average molecular weight is 390 g/mol. The molecule has 5 nitrogen and oxygen atoms in total. The van der Waals surface area contributed by atoms with Crippen LogP contribution in [0, 0.1) is 0 Å². The van der Waals surface area contributed by atoms with Crippen LogP contribution in [0.3, 0.4) is 0 Å². The second-order valence-electron chi connectivity index (χ2n) is 6.42. The molecule has 2 aromatic carbocycles. The summed E-state index contributed by atoms with van der Waals surface area (Å²) in [5.41, 5.74) is 3.03. The van der Waals surface area contributed by atoms with Crippen molar-refractivity contribution in [3.63, 3.8) is 0 Å². The number of para-hydroxylation sites is 1. The van der Waals surface area contributed by atoms with Crippen molar-refractivity contribution in [2.75, 3.05) is 20.6 Å². The fraction of sp³-hybridized carbons (Fsp3) is 0.381. The molecule has 2 aromatic rings. The van der Waals surface area contributed by atoms with Gasteiger partial charge < -0.3 is 20.3 Å². The molecule has 0 radical (unpaired) electrons. The maximum atomic E-state index is 12.5. The van der Waals surface area contributed by atoms with E-state index in [0.717, 1.165) is 18.7 Å². The highest BCUT2D eigenvalue weighted by Gasteiger charge is 2.09. The molecule has 0 amide bonds. The van der Waals surface area contributed by atoms with Gasteiger partial charge in [0.15, 0.2) is 5.96 Å². The van der Waals surface area contributed by atoms with Crippen LogP contribution < -0.4 is 15.4 Å². The van der Waals surface area contributed by atoms with Gasteiger partial charge in [-0.25, -0.2) is 0 Å². The third kappa shape index (κ3) is 7.15. The largest absolute Gasteiger partial charge is 0.434 e. The van der Waals surface area contributed by atoms with Crippen LogP contribution >= 0.6 is 0 Å². The zero-order valence-electron chi connectivity index (χ0n) is 16.6. The molecule has 0 aromatic heterocycles. The minimum atomic E-state index is -2.85. The van der Waals surface area contributed by atoms with Crippen LogP contribution in [0.2, 0.25) is 0 Å². The first-order valence-electron chi connectivity index (χ1n) is 9.25. The van der Waals surface area contributed by atoms with Crippen LogP contribution in [0.15, 0.2) is 53.5 Å². The molecule has 28 heavy (non-hydrogen) atoms. The van der Waals surface area contributed by atoms with Gasteiger partial charge in [0.25, 0.3) is 0 Å². The lowest BCUT2D eigenvalue weighted by molar-refractivity contribution is -0.0504. The Morgan fingerprint density at radius 3 is 2.50 bits per heavy atom. The minimum absolute atomic E-state index is 0.160. The summed E-state index contributed by atoms with van der Waals surface area (Å²) in [7, 11) is 3.76. The predicted octanol–water partition coefficient (Wildman–Crippen LogP) is 3.60. The number of aliphatic imine (C=N–C) groups is 1. The second-order valence-corrected chi connectivity index (χ2v) is 6.42. The Balaban J connectivity index is 1.91. The SMILES string of the molecule is CCN(C)Cc1cccc(CNC(=NC)NCc2ccccc2OC(F)F)c1. The van der Waals surface area contributed by atoms with Gasteiger partial charge in [0.1, 0.15) is 5.75 Å². The van der Waals surface area contributed by atoms with Crippen molar-refractivity contribution in [1.29, 1.82) is 0 Å². The molecule has 0 aliphatic rings. The zero-order valence-corrected chi connectivity index (χ0v) is 16.6. The van der Waals surface area contributed by atoms with Crippen molar-refractivity contribution in [3.8, 4) is 5.75 Å². The molecule has 0 saturated carbocycles. The van der Waals surface area contributed by atoms with Crippen LogP contribution in [0.5, 0.6) is 5.75 Å². The number of alkyl halides is 2. The number of ether oxygens (including phenoxy) is 1. The van der Waals surface area contributed by atoms with Gasteiger partial charge in [0.05, 0.1) is 0 Å². The summed E-state index contributed by atoms with van der Waals surface area (Å²) in [5, 5.41) is 6.38. The van der Waals surface area contributed by atoms with Gasteiger partial charge in [-0.3, -0.25) is 4.99 Å². The first kappa shape index (κ1) is 21.6. The number of nitrogens with zero attached hydrogens (tertiary/aromatic N) is 2. The van der Waals surface area contributed by atoms with Gasteiger partial charge in [-0.05, 0) is 30.8 Å². The first-order chi connectivity index (χ1) is 13.5. The first-order valence-corrected chi connectivity index (χ1v) is 9.25. The Bertz CT molecular complexity index is 768. The maximum Gasteiger partial charge on any atom is 0.387 e. The Kier molecular flexibility index (Phi) is 8.68. The van der Waals surface area contributed by atoms with Crippen LogP contribution in [0.1, 0.15) is 23.6 Å². The molecule has 0 aliphatic heterocycles. The molecule has 0 fully saturated rings. The molecule has 2 rings (SSSR count). The topological polar surface area (TPSA) is 48.9 Å². The van der Waals surface area contributed by atoms with E-state index in [2.05, 4.69) is 57.4 Å². The highest BCUT2D eigenvalue weighted by molar-refractivity contribution is 5.79. The zero-order chi connectivity index (χ0) is 20.4. The van der Waals surface area contributed by atoms with Crippen LogP contribution in [-0.2, 0) is 19.6 Å². The quantitative estimate of drug-likeness (QED) is 0.507. The molecule has 2 N–H and O–H groups in total. The van der Waals surface area contributed by atoms with Crippen molar-refractivity contribution >= 4 is 5.96 Å². The molecule has 0 saturated heterocycles. The van der Waals surface area contributed by atoms with E-state index in [-0.39, 0.29) is 5.75 Å². The summed E-state index contributed by atoms with van der Waals surface area (Å²) in [6.45, 7) is 2.11. The number of nitrogens with one attached hydrogen (secondary N) is 2. The minimum Gasteiger partial charge on any atom is -0.434 e. The Morgan fingerprint density at radius 2 is 1.79 bits per heavy atom. The molecular formula is C21H28F2N4O.